The van der Waals surface area contributed by atoms with Gasteiger partial charge in [-0.05, 0) is 30.3 Å². The smallest absolute Gasteiger partial charge is 0.409 e. The second kappa shape index (κ2) is 10.5. The van der Waals surface area contributed by atoms with Crippen LogP contribution in [0.5, 0.6) is 5.75 Å². The second-order valence-corrected chi connectivity index (χ2v) is 6.28. The molecule has 2 aromatic carbocycles. The molecule has 1 N–H and O–H groups in total. The Morgan fingerprint density at radius 3 is 2.37 bits per heavy atom. The zero-order chi connectivity index (χ0) is 19.8. The average Bonchev–Trinajstić information content (AvgIpc) is 3.20. The lowest BCUT2D eigenvalue weighted by Crippen LogP contribution is -2.48. The van der Waals surface area contributed by atoms with Gasteiger partial charge in [-0.25, -0.2) is 4.79 Å². The maximum atomic E-state index is 12.5. The van der Waals surface area contributed by atoms with Crippen LogP contribution in [0.4, 0.5) is 10.5 Å². The van der Waals surface area contributed by atoms with Gasteiger partial charge in [-0.2, -0.15) is 0 Å². The fourth-order valence-electron chi connectivity index (χ4n) is 3.38. The summed E-state index contributed by atoms with van der Waals surface area (Å²) in [6, 6.07) is 10.1. The van der Waals surface area contributed by atoms with E-state index in [1.807, 2.05) is 43.9 Å². The number of ether oxygens (including phenoxy) is 1. The number of fused-ring (bicyclic) bond motifs is 3. The zero-order valence-electron chi connectivity index (χ0n) is 16.7. The average molecular weight is 436 g/mol. The minimum absolute atomic E-state index is 0.249. The fraction of sp³-hybridized carbons (Fsp3) is 0.476. The molecule has 2 aromatic rings. The van der Waals surface area contributed by atoms with Crippen LogP contribution in [-0.4, -0.2) is 61.5 Å². The highest BCUT2D eigenvalue weighted by atomic mass is 79.9. The van der Waals surface area contributed by atoms with Crippen molar-refractivity contribution in [2.24, 2.45) is 0 Å². The van der Waals surface area contributed by atoms with Crippen molar-refractivity contribution in [2.75, 3.05) is 50.9 Å². The van der Waals surface area contributed by atoms with E-state index in [2.05, 4.69) is 39.3 Å². The normalized spacial score (nSPS) is 15.7. The Hall–Kier alpha value is -1.79. The van der Waals surface area contributed by atoms with Crippen molar-refractivity contribution in [3.8, 4) is 5.75 Å². The lowest BCUT2D eigenvalue weighted by atomic mass is 10.0. The molecular formula is C21H30BrN3O2. The molecule has 1 amide bonds. The molecule has 0 aliphatic carbocycles. The number of amides is 1. The summed E-state index contributed by atoms with van der Waals surface area (Å²) in [4.78, 5) is 16.5. The fourth-order valence-corrected chi connectivity index (χ4v) is 3.38. The van der Waals surface area contributed by atoms with E-state index in [0.717, 1.165) is 50.2 Å². The van der Waals surface area contributed by atoms with Crippen molar-refractivity contribution in [3.05, 3.63) is 35.9 Å². The Balaban J connectivity index is 0.000000614. The Kier molecular flexibility index (Phi) is 8.38. The predicted molar refractivity (Wildman–Crippen MR) is 117 cm³/mol. The van der Waals surface area contributed by atoms with Crippen LogP contribution < -0.4 is 10.1 Å². The molecule has 5 nitrogen and oxygen atoms in total. The molecular weight excluding hydrogens is 406 g/mol. The van der Waals surface area contributed by atoms with E-state index in [9.17, 15) is 4.79 Å². The minimum atomic E-state index is -0.249. The molecule has 2 heterocycles. The highest BCUT2D eigenvalue weighted by Crippen LogP contribution is 2.37. The number of hydrogen-bond acceptors (Lipinski definition) is 4. The monoisotopic (exact) mass is 435 g/mol. The summed E-state index contributed by atoms with van der Waals surface area (Å²) in [6.07, 6.45) is 0.768. The molecule has 148 valence electrons. The second-order valence-electron chi connectivity index (χ2n) is 6.28. The molecule has 0 bridgehead atoms. The van der Waals surface area contributed by atoms with Crippen molar-refractivity contribution < 1.29 is 9.53 Å². The number of likely N-dealkylation sites (N-methyl/N-ethyl adjacent to an activating group) is 1. The largest absolute Gasteiger partial charge is 0.415 e. The SMILES string of the molecule is CBr.CC.CN1CCN(C(=O)Oc2cc3c(c4ccccc24)CCN3)CC1. The lowest BCUT2D eigenvalue weighted by Gasteiger charge is -2.31. The first-order chi connectivity index (χ1) is 13.2. The molecule has 0 radical (unpaired) electrons. The molecule has 2 aliphatic heterocycles. The van der Waals surface area contributed by atoms with Crippen molar-refractivity contribution in [1.29, 1.82) is 0 Å². The maximum absolute atomic E-state index is 12.5. The molecule has 0 spiro atoms. The first kappa shape index (κ1) is 21.5. The molecule has 2 aliphatic rings. The molecule has 0 atom stereocenters. The number of carbonyl (C=O) groups is 1. The van der Waals surface area contributed by atoms with Crippen LogP contribution in [0.2, 0.25) is 0 Å². The van der Waals surface area contributed by atoms with E-state index < -0.39 is 0 Å². The van der Waals surface area contributed by atoms with Crippen molar-refractivity contribution >= 4 is 38.5 Å². The molecule has 1 fully saturated rings. The Bertz CT molecular complexity index is 758. The van der Waals surface area contributed by atoms with Gasteiger partial charge >= 0.3 is 6.09 Å². The number of halogens is 1. The lowest BCUT2D eigenvalue weighted by molar-refractivity contribution is 0.121. The summed E-state index contributed by atoms with van der Waals surface area (Å²) in [6.45, 7) is 8.16. The van der Waals surface area contributed by atoms with Crippen LogP contribution in [0.25, 0.3) is 10.8 Å². The Morgan fingerprint density at radius 2 is 1.70 bits per heavy atom. The summed E-state index contributed by atoms with van der Waals surface area (Å²) in [5.41, 5.74) is 2.41. The van der Waals surface area contributed by atoms with Gasteiger partial charge in [0.15, 0.2) is 0 Å². The number of alkyl halides is 1. The molecule has 4 rings (SSSR count). The van der Waals surface area contributed by atoms with E-state index in [-0.39, 0.29) is 6.09 Å². The highest BCUT2D eigenvalue weighted by Gasteiger charge is 2.23. The third kappa shape index (κ3) is 4.93. The molecule has 6 heteroatoms. The number of nitrogens with zero attached hydrogens (tertiary/aromatic N) is 2. The van der Waals surface area contributed by atoms with Gasteiger partial charge in [0.1, 0.15) is 5.75 Å². The number of benzene rings is 2. The van der Waals surface area contributed by atoms with E-state index in [0.29, 0.717) is 5.75 Å². The van der Waals surface area contributed by atoms with Crippen LogP contribution in [0.15, 0.2) is 30.3 Å². The van der Waals surface area contributed by atoms with Crippen LogP contribution >= 0.6 is 15.9 Å². The summed E-state index contributed by atoms with van der Waals surface area (Å²) >= 11 is 2.94. The quantitative estimate of drug-likeness (QED) is 0.665. The van der Waals surface area contributed by atoms with Gasteiger partial charge in [-0.1, -0.05) is 54.0 Å². The number of nitrogens with one attached hydrogen (secondary N) is 1. The van der Waals surface area contributed by atoms with E-state index >= 15 is 0 Å². The first-order valence-corrected chi connectivity index (χ1v) is 11.1. The van der Waals surface area contributed by atoms with Crippen molar-refractivity contribution in [3.63, 3.8) is 0 Å². The highest BCUT2D eigenvalue weighted by molar-refractivity contribution is 9.08. The number of anilines is 1. The van der Waals surface area contributed by atoms with Crippen LogP contribution in [0.1, 0.15) is 19.4 Å². The molecule has 1 saturated heterocycles. The standard InChI is InChI=1S/C18H21N3O2.C2H6.CH3Br/c1-20-8-10-21(11-9-20)18(22)23-17-12-16-14(6-7-19-16)13-4-2-3-5-15(13)17;2*1-2/h2-5,12,19H,6-11H2,1H3;1-2H3;1H3. The summed E-state index contributed by atoms with van der Waals surface area (Å²) in [5.74, 6) is 2.46. The third-order valence-electron chi connectivity index (χ3n) is 4.77. The Labute approximate surface area is 170 Å². The molecule has 27 heavy (non-hydrogen) atoms. The van der Waals surface area contributed by atoms with Gasteiger partial charge in [-0.3, -0.25) is 0 Å². The van der Waals surface area contributed by atoms with Gasteiger partial charge < -0.3 is 19.9 Å². The molecule has 0 unspecified atom stereocenters. The number of carbonyl (C=O) groups excluding carboxylic acids is 1. The minimum Gasteiger partial charge on any atom is -0.409 e. The van der Waals surface area contributed by atoms with Crippen LogP contribution in [-0.2, 0) is 6.42 Å². The van der Waals surface area contributed by atoms with Crippen LogP contribution in [0.3, 0.4) is 0 Å². The van der Waals surface area contributed by atoms with Gasteiger partial charge in [-0.15, -0.1) is 0 Å². The number of hydrogen-bond donors (Lipinski definition) is 1. The van der Waals surface area contributed by atoms with Gasteiger partial charge in [0.2, 0.25) is 0 Å². The third-order valence-corrected chi connectivity index (χ3v) is 4.77. The van der Waals surface area contributed by atoms with Gasteiger partial charge in [0, 0.05) is 49.9 Å². The summed E-state index contributed by atoms with van der Waals surface area (Å²) in [7, 11) is 2.07. The van der Waals surface area contributed by atoms with Crippen molar-refractivity contribution in [2.45, 2.75) is 20.3 Å². The van der Waals surface area contributed by atoms with Crippen LogP contribution in [0, 0.1) is 0 Å². The van der Waals surface area contributed by atoms with Gasteiger partial charge in [0.05, 0.1) is 0 Å². The topological polar surface area (TPSA) is 44.8 Å². The number of piperazine rings is 1. The zero-order valence-corrected chi connectivity index (χ0v) is 18.3. The molecule has 0 aromatic heterocycles. The van der Waals surface area contributed by atoms with E-state index in [1.165, 1.54) is 10.9 Å². The van der Waals surface area contributed by atoms with Crippen molar-refractivity contribution in [1.82, 2.24) is 9.80 Å². The van der Waals surface area contributed by atoms with Gasteiger partial charge in [0.25, 0.3) is 0 Å². The Morgan fingerprint density at radius 1 is 1.07 bits per heavy atom. The summed E-state index contributed by atoms with van der Waals surface area (Å²) < 4.78 is 5.76. The molecule has 0 saturated carbocycles. The number of rotatable bonds is 1. The predicted octanol–water partition coefficient (Wildman–Crippen LogP) is 4.59. The van der Waals surface area contributed by atoms with E-state index in [1.54, 1.807) is 4.90 Å². The first-order valence-electron chi connectivity index (χ1n) is 9.54. The summed E-state index contributed by atoms with van der Waals surface area (Å²) in [5, 5.41) is 5.57. The maximum Gasteiger partial charge on any atom is 0.415 e. The van der Waals surface area contributed by atoms with E-state index in [4.69, 9.17) is 4.74 Å².